The van der Waals surface area contributed by atoms with Crippen molar-refractivity contribution in [2.24, 2.45) is 5.41 Å². The van der Waals surface area contributed by atoms with Gasteiger partial charge in [-0.25, -0.2) is 5.10 Å². The lowest BCUT2D eigenvalue weighted by Gasteiger charge is -2.18. The third-order valence-electron chi connectivity index (χ3n) is 2.43. The lowest BCUT2D eigenvalue weighted by atomic mass is 10.1. The molecular weight excluding hydrogens is 197 g/mol. The number of hydrogen-bond donors (Lipinski definition) is 1. The van der Waals surface area contributed by atoms with Crippen LogP contribution in [0.3, 0.4) is 0 Å². The summed E-state index contributed by atoms with van der Waals surface area (Å²) < 4.78 is 42.2. The van der Waals surface area contributed by atoms with Crippen LogP contribution in [0.2, 0.25) is 0 Å². The highest BCUT2D eigenvalue weighted by Gasteiger charge is 2.63. The van der Waals surface area contributed by atoms with E-state index in [2.05, 4.69) is 10.2 Å². The van der Waals surface area contributed by atoms with E-state index in [1.54, 1.807) is 0 Å². The second-order valence-electron chi connectivity index (χ2n) is 3.49. The molecule has 6 heteroatoms. The molecule has 1 heterocycles. The van der Waals surface area contributed by atoms with Gasteiger partial charge in [0.1, 0.15) is 12.0 Å². The fourth-order valence-corrected chi connectivity index (χ4v) is 1.20. The van der Waals surface area contributed by atoms with Crippen LogP contribution in [0.15, 0.2) is 12.3 Å². The van der Waals surface area contributed by atoms with Crippen LogP contribution < -0.4 is 4.74 Å². The Balaban J connectivity index is 1.93. The van der Waals surface area contributed by atoms with Gasteiger partial charge in [-0.2, -0.15) is 18.3 Å². The van der Waals surface area contributed by atoms with E-state index in [4.69, 9.17) is 4.74 Å². The molecule has 78 valence electrons. The number of nitrogens with zero attached hydrogens (tertiary/aromatic N) is 1. The maximum absolute atomic E-state index is 12.4. The minimum absolute atomic E-state index is 0.157. The zero-order valence-corrected chi connectivity index (χ0v) is 7.27. The summed E-state index contributed by atoms with van der Waals surface area (Å²) in [6.45, 7) is -0.321. The maximum atomic E-state index is 12.4. The Morgan fingerprint density at radius 1 is 1.50 bits per heavy atom. The van der Waals surface area contributed by atoms with Gasteiger partial charge in [0, 0.05) is 6.07 Å². The smallest absolute Gasteiger partial charge is 0.397 e. The Hall–Kier alpha value is -1.20. The second-order valence-corrected chi connectivity index (χ2v) is 3.49. The molecule has 0 radical (unpaired) electrons. The molecule has 0 spiro atoms. The number of rotatable bonds is 3. The van der Waals surface area contributed by atoms with Crippen LogP contribution in [0.4, 0.5) is 13.2 Å². The summed E-state index contributed by atoms with van der Waals surface area (Å²) in [6, 6.07) is 1.49. The molecule has 0 bridgehead atoms. The number of ether oxygens (including phenoxy) is 1. The van der Waals surface area contributed by atoms with Crippen molar-refractivity contribution in [3.8, 4) is 5.88 Å². The van der Waals surface area contributed by atoms with Gasteiger partial charge in [-0.05, 0) is 12.8 Å². The highest BCUT2D eigenvalue weighted by Crippen LogP contribution is 2.57. The van der Waals surface area contributed by atoms with E-state index in [1.807, 2.05) is 0 Å². The van der Waals surface area contributed by atoms with Crippen molar-refractivity contribution in [3.63, 3.8) is 0 Å². The van der Waals surface area contributed by atoms with Gasteiger partial charge >= 0.3 is 6.18 Å². The number of nitrogens with one attached hydrogen (secondary N) is 1. The average Bonchev–Trinajstić information content (AvgIpc) is 2.72. The predicted octanol–water partition coefficient (Wildman–Crippen LogP) is 2.13. The van der Waals surface area contributed by atoms with Gasteiger partial charge in [0.15, 0.2) is 0 Å². The van der Waals surface area contributed by atoms with E-state index in [-0.39, 0.29) is 25.3 Å². The highest BCUT2D eigenvalue weighted by atomic mass is 19.4. The first-order valence-corrected chi connectivity index (χ1v) is 4.22. The molecule has 0 saturated heterocycles. The summed E-state index contributed by atoms with van der Waals surface area (Å²) in [5, 5.41) is 6.02. The van der Waals surface area contributed by atoms with Crippen molar-refractivity contribution < 1.29 is 17.9 Å². The van der Waals surface area contributed by atoms with Crippen LogP contribution in [0.5, 0.6) is 5.88 Å². The molecule has 0 amide bonds. The molecule has 1 N–H and O–H groups in total. The number of halogens is 3. The summed E-state index contributed by atoms with van der Waals surface area (Å²) in [7, 11) is 0. The third kappa shape index (κ3) is 1.56. The van der Waals surface area contributed by atoms with Gasteiger partial charge in [-0.15, -0.1) is 0 Å². The second kappa shape index (κ2) is 2.90. The fraction of sp³-hybridized carbons (Fsp3) is 0.625. The van der Waals surface area contributed by atoms with Crippen molar-refractivity contribution in [1.29, 1.82) is 0 Å². The van der Waals surface area contributed by atoms with E-state index in [0.717, 1.165) is 0 Å². The Morgan fingerprint density at radius 2 is 2.21 bits per heavy atom. The molecule has 1 aliphatic carbocycles. The minimum Gasteiger partial charge on any atom is -0.477 e. The first-order chi connectivity index (χ1) is 6.54. The molecule has 1 saturated carbocycles. The van der Waals surface area contributed by atoms with Gasteiger partial charge in [0.2, 0.25) is 5.88 Å². The molecule has 14 heavy (non-hydrogen) atoms. The van der Waals surface area contributed by atoms with Crippen LogP contribution >= 0.6 is 0 Å². The molecule has 3 nitrogen and oxygen atoms in total. The van der Waals surface area contributed by atoms with E-state index in [9.17, 15) is 13.2 Å². The molecule has 0 atom stereocenters. The molecule has 1 aliphatic rings. The molecular formula is C8H9F3N2O. The molecule has 0 unspecified atom stereocenters. The molecule has 0 aliphatic heterocycles. The third-order valence-corrected chi connectivity index (χ3v) is 2.43. The van der Waals surface area contributed by atoms with Crippen molar-refractivity contribution in [1.82, 2.24) is 10.2 Å². The van der Waals surface area contributed by atoms with Crippen molar-refractivity contribution in [2.75, 3.05) is 6.61 Å². The summed E-state index contributed by atoms with van der Waals surface area (Å²) >= 11 is 0. The lowest BCUT2D eigenvalue weighted by Crippen LogP contribution is -2.30. The predicted molar refractivity (Wildman–Crippen MR) is 41.8 cm³/mol. The number of H-pyrrole nitrogens is 1. The fourth-order valence-electron chi connectivity index (χ4n) is 1.20. The average molecular weight is 206 g/mol. The topological polar surface area (TPSA) is 37.9 Å². The van der Waals surface area contributed by atoms with E-state index < -0.39 is 11.6 Å². The first-order valence-electron chi connectivity index (χ1n) is 4.22. The Bertz CT molecular complexity index is 303. The summed E-state index contributed by atoms with van der Waals surface area (Å²) in [5.74, 6) is 0.278. The zero-order chi connectivity index (χ0) is 10.2. The van der Waals surface area contributed by atoms with E-state index in [1.165, 1.54) is 12.3 Å². The number of aromatic amines is 1. The van der Waals surface area contributed by atoms with Crippen LogP contribution in [-0.2, 0) is 0 Å². The largest absolute Gasteiger partial charge is 0.477 e. The molecule has 1 fully saturated rings. The maximum Gasteiger partial charge on any atom is 0.397 e. The van der Waals surface area contributed by atoms with Crippen LogP contribution in [0.25, 0.3) is 0 Å². The van der Waals surface area contributed by atoms with Crippen molar-refractivity contribution in [3.05, 3.63) is 12.3 Å². The molecule has 1 aromatic rings. The molecule has 1 aromatic heterocycles. The first kappa shape index (κ1) is 9.36. The summed E-state index contributed by atoms with van der Waals surface area (Å²) in [4.78, 5) is 0. The number of aromatic nitrogens is 2. The Labute approximate surface area is 78.3 Å². The van der Waals surface area contributed by atoms with Crippen LogP contribution in [0.1, 0.15) is 12.8 Å². The van der Waals surface area contributed by atoms with Crippen LogP contribution in [0, 0.1) is 5.41 Å². The quantitative estimate of drug-likeness (QED) is 0.822. The highest BCUT2D eigenvalue weighted by molar-refractivity contribution is 5.07. The number of hydrogen-bond acceptors (Lipinski definition) is 2. The van der Waals surface area contributed by atoms with Gasteiger partial charge in [0.05, 0.1) is 6.20 Å². The van der Waals surface area contributed by atoms with Crippen LogP contribution in [-0.4, -0.2) is 23.0 Å². The van der Waals surface area contributed by atoms with Gasteiger partial charge in [-0.1, -0.05) is 0 Å². The Kier molecular flexibility index (Phi) is 1.94. The summed E-state index contributed by atoms with van der Waals surface area (Å²) in [5.41, 5.74) is -1.61. The lowest BCUT2D eigenvalue weighted by molar-refractivity contribution is -0.194. The normalized spacial score (nSPS) is 19.4. The van der Waals surface area contributed by atoms with Crippen molar-refractivity contribution in [2.45, 2.75) is 19.0 Å². The van der Waals surface area contributed by atoms with Gasteiger partial charge < -0.3 is 4.74 Å². The SMILES string of the molecule is FC(F)(F)C1(COc2ccn[nH]2)CC1. The molecule has 0 aromatic carbocycles. The summed E-state index contributed by atoms with van der Waals surface area (Å²) in [6.07, 6.45) is -2.41. The van der Waals surface area contributed by atoms with E-state index >= 15 is 0 Å². The standard InChI is InChI=1S/C8H9F3N2O/c9-8(10,11)7(2-3-7)5-14-6-1-4-12-13-6/h1,4H,2-3,5H2,(H,12,13). The minimum atomic E-state index is -4.16. The van der Waals surface area contributed by atoms with E-state index in [0.29, 0.717) is 0 Å². The zero-order valence-electron chi connectivity index (χ0n) is 7.27. The van der Waals surface area contributed by atoms with Gasteiger partial charge in [0.25, 0.3) is 0 Å². The number of alkyl halides is 3. The Morgan fingerprint density at radius 3 is 2.64 bits per heavy atom. The van der Waals surface area contributed by atoms with Gasteiger partial charge in [-0.3, -0.25) is 0 Å². The van der Waals surface area contributed by atoms with Crippen molar-refractivity contribution >= 4 is 0 Å². The molecule has 2 rings (SSSR count). The monoisotopic (exact) mass is 206 g/mol.